The number of aromatic nitrogens is 3. The number of hydrogen-bond acceptors (Lipinski definition) is 5. The quantitative estimate of drug-likeness (QED) is 0.876. The Hall–Kier alpha value is -2.70. The molecule has 0 unspecified atom stereocenters. The highest BCUT2D eigenvalue weighted by Crippen LogP contribution is 2.07. The first-order valence-electron chi connectivity index (χ1n) is 7.00. The van der Waals surface area contributed by atoms with Gasteiger partial charge in [-0.2, -0.15) is 0 Å². The molecule has 22 heavy (non-hydrogen) atoms. The summed E-state index contributed by atoms with van der Waals surface area (Å²) in [6.45, 7) is 2.55. The molecular formula is C15H20N6O. The average molecular weight is 300 g/mol. The van der Waals surface area contributed by atoms with E-state index < -0.39 is 0 Å². The molecule has 2 rings (SSSR count). The lowest BCUT2D eigenvalue weighted by Crippen LogP contribution is -2.30. The lowest BCUT2D eigenvalue weighted by Gasteiger charge is -2.11. The number of nitrogens with zero attached hydrogens (tertiary/aromatic N) is 4. The number of carbonyl (C=O) groups is 1. The molecule has 0 aromatic carbocycles. The van der Waals surface area contributed by atoms with E-state index in [1.54, 1.807) is 23.5 Å². The van der Waals surface area contributed by atoms with Crippen molar-refractivity contribution in [1.82, 2.24) is 20.3 Å². The van der Waals surface area contributed by atoms with Gasteiger partial charge in [0.15, 0.2) is 0 Å². The molecule has 0 saturated carbocycles. The lowest BCUT2D eigenvalue weighted by atomic mass is 10.1. The molecule has 0 atom stereocenters. The predicted octanol–water partition coefficient (Wildman–Crippen LogP) is 1.61. The smallest absolute Gasteiger partial charge is 0.319 e. The van der Waals surface area contributed by atoms with Crippen molar-refractivity contribution in [3.8, 4) is 0 Å². The van der Waals surface area contributed by atoms with E-state index in [9.17, 15) is 4.79 Å². The highest BCUT2D eigenvalue weighted by molar-refractivity contribution is 5.88. The highest BCUT2D eigenvalue weighted by atomic mass is 16.2. The van der Waals surface area contributed by atoms with E-state index in [4.69, 9.17) is 0 Å². The first kappa shape index (κ1) is 15.7. The van der Waals surface area contributed by atoms with Crippen LogP contribution in [0.4, 0.5) is 16.4 Å². The van der Waals surface area contributed by atoms with Crippen LogP contribution in [0.3, 0.4) is 0 Å². The zero-order valence-electron chi connectivity index (χ0n) is 13.0. The molecule has 2 N–H and O–H groups in total. The van der Waals surface area contributed by atoms with Gasteiger partial charge in [-0.3, -0.25) is 4.98 Å². The molecular weight excluding hydrogens is 280 g/mol. The van der Waals surface area contributed by atoms with Crippen molar-refractivity contribution in [3.05, 3.63) is 42.0 Å². The van der Waals surface area contributed by atoms with Crippen molar-refractivity contribution in [2.45, 2.75) is 13.3 Å². The number of anilines is 2. The molecule has 0 bridgehead atoms. The SMILES string of the molecule is Cc1cnccc1CCNC(=O)Nc1cnc(N(C)C)nc1. The number of amides is 2. The van der Waals surface area contributed by atoms with Crippen molar-refractivity contribution in [3.63, 3.8) is 0 Å². The maximum atomic E-state index is 11.8. The van der Waals surface area contributed by atoms with Gasteiger partial charge in [0, 0.05) is 33.0 Å². The molecule has 2 aromatic rings. The summed E-state index contributed by atoms with van der Waals surface area (Å²) in [5.74, 6) is 0.596. The fourth-order valence-corrected chi connectivity index (χ4v) is 1.89. The third-order valence-corrected chi connectivity index (χ3v) is 3.11. The van der Waals surface area contributed by atoms with Crippen molar-refractivity contribution in [2.24, 2.45) is 0 Å². The van der Waals surface area contributed by atoms with E-state index in [0.29, 0.717) is 18.2 Å². The van der Waals surface area contributed by atoms with Gasteiger partial charge in [-0.25, -0.2) is 14.8 Å². The maximum Gasteiger partial charge on any atom is 0.319 e. The summed E-state index contributed by atoms with van der Waals surface area (Å²) in [6.07, 6.45) is 7.49. The Balaban J connectivity index is 1.79. The van der Waals surface area contributed by atoms with Crippen molar-refractivity contribution < 1.29 is 4.79 Å². The molecule has 7 heteroatoms. The van der Waals surface area contributed by atoms with Crippen LogP contribution < -0.4 is 15.5 Å². The van der Waals surface area contributed by atoms with Crippen LogP contribution in [0.15, 0.2) is 30.9 Å². The van der Waals surface area contributed by atoms with Crippen LogP contribution in [0.25, 0.3) is 0 Å². The summed E-state index contributed by atoms with van der Waals surface area (Å²) in [7, 11) is 3.71. The van der Waals surface area contributed by atoms with E-state index >= 15 is 0 Å². The Kier molecular flexibility index (Phi) is 5.24. The zero-order chi connectivity index (χ0) is 15.9. The molecule has 2 heterocycles. The number of aryl methyl sites for hydroxylation is 1. The first-order valence-corrected chi connectivity index (χ1v) is 7.00. The van der Waals surface area contributed by atoms with Gasteiger partial charge in [-0.1, -0.05) is 0 Å². The number of hydrogen-bond donors (Lipinski definition) is 2. The van der Waals surface area contributed by atoms with E-state index in [1.165, 1.54) is 5.56 Å². The third-order valence-electron chi connectivity index (χ3n) is 3.11. The van der Waals surface area contributed by atoms with Gasteiger partial charge in [0.1, 0.15) is 0 Å². The molecule has 0 radical (unpaired) electrons. The van der Waals surface area contributed by atoms with Gasteiger partial charge in [0.2, 0.25) is 5.95 Å². The summed E-state index contributed by atoms with van der Waals surface area (Å²) in [5, 5.41) is 5.51. The number of urea groups is 1. The Morgan fingerprint density at radius 1 is 1.23 bits per heavy atom. The van der Waals surface area contributed by atoms with Crippen molar-refractivity contribution in [1.29, 1.82) is 0 Å². The minimum absolute atomic E-state index is 0.270. The van der Waals surface area contributed by atoms with Gasteiger partial charge >= 0.3 is 6.03 Å². The summed E-state index contributed by atoms with van der Waals surface area (Å²) in [4.78, 5) is 25.9. The zero-order valence-corrected chi connectivity index (χ0v) is 13.0. The second kappa shape index (κ2) is 7.35. The minimum atomic E-state index is -0.270. The van der Waals surface area contributed by atoms with Gasteiger partial charge in [0.05, 0.1) is 18.1 Å². The number of carbonyl (C=O) groups excluding carboxylic acids is 1. The molecule has 0 spiro atoms. The lowest BCUT2D eigenvalue weighted by molar-refractivity contribution is 0.252. The van der Waals surface area contributed by atoms with E-state index in [-0.39, 0.29) is 6.03 Å². The van der Waals surface area contributed by atoms with Crippen LogP contribution in [0, 0.1) is 6.92 Å². The Morgan fingerprint density at radius 2 is 1.95 bits per heavy atom. The molecule has 116 valence electrons. The van der Waals surface area contributed by atoms with Gasteiger partial charge in [-0.15, -0.1) is 0 Å². The average Bonchev–Trinajstić information content (AvgIpc) is 2.50. The van der Waals surface area contributed by atoms with Gasteiger partial charge in [0.25, 0.3) is 0 Å². The molecule has 0 fully saturated rings. The standard InChI is InChI=1S/C15H20N6O/c1-11-8-16-6-4-12(11)5-7-17-15(22)20-13-9-18-14(19-10-13)21(2)3/h4,6,8-10H,5,7H2,1-3H3,(H2,17,20,22). The monoisotopic (exact) mass is 300 g/mol. The van der Waals surface area contributed by atoms with Gasteiger partial charge < -0.3 is 15.5 Å². The summed E-state index contributed by atoms with van der Waals surface area (Å²) >= 11 is 0. The molecule has 0 aliphatic carbocycles. The highest BCUT2D eigenvalue weighted by Gasteiger charge is 2.04. The van der Waals surface area contributed by atoms with Crippen LogP contribution in [0.2, 0.25) is 0 Å². The molecule has 2 amide bonds. The van der Waals surface area contributed by atoms with Crippen LogP contribution >= 0.6 is 0 Å². The molecule has 0 aliphatic heterocycles. The Morgan fingerprint density at radius 3 is 2.59 bits per heavy atom. The Bertz CT molecular complexity index is 626. The summed E-state index contributed by atoms with van der Waals surface area (Å²) in [5.41, 5.74) is 2.86. The van der Waals surface area contributed by atoms with Crippen molar-refractivity contribution >= 4 is 17.7 Å². The molecule has 0 aliphatic rings. The maximum absolute atomic E-state index is 11.8. The van der Waals surface area contributed by atoms with E-state index in [2.05, 4.69) is 25.6 Å². The third kappa shape index (κ3) is 4.41. The molecule has 2 aromatic heterocycles. The van der Waals surface area contributed by atoms with Crippen LogP contribution in [-0.2, 0) is 6.42 Å². The topological polar surface area (TPSA) is 83.0 Å². The molecule has 0 saturated heterocycles. The second-order valence-electron chi connectivity index (χ2n) is 5.10. The van der Waals surface area contributed by atoms with Crippen LogP contribution in [0.1, 0.15) is 11.1 Å². The number of pyridine rings is 1. The number of rotatable bonds is 5. The van der Waals surface area contributed by atoms with E-state index in [0.717, 1.165) is 12.0 Å². The Labute approximate surface area is 129 Å². The van der Waals surface area contributed by atoms with Crippen molar-refractivity contribution in [2.75, 3.05) is 30.9 Å². The first-order chi connectivity index (χ1) is 10.6. The van der Waals surface area contributed by atoms with Crippen LogP contribution in [-0.4, -0.2) is 41.6 Å². The van der Waals surface area contributed by atoms with E-state index in [1.807, 2.05) is 33.3 Å². The summed E-state index contributed by atoms with van der Waals surface area (Å²) in [6, 6.07) is 1.69. The largest absolute Gasteiger partial charge is 0.347 e. The minimum Gasteiger partial charge on any atom is -0.347 e. The fourth-order valence-electron chi connectivity index (χ4n) is 1.89. The molecule has 7 nitrogen and oxygen atoms in total. The summed E-state index contributed by atoms with van der Waals surface area (Å²) < 4.78 is 0. The fraction of sp³-hybridized carbons (Fsp3) is 0.333. The number of nitrogens with one attached hydrogen (secondary N) is 2. The predicted molar refractivity (Wildman–Crippen MR) is 86.1 cm³/mol. The van der Waals surface area contributed by atoms with Gasteiger partial charge in [-0.05, 0) is 30.5 Å². The second-order valence-corrected chi connectivity index (χ2v) is 5.10. The van der Waals surface area contributed by atoms with Crippen LogP contribution in [0.5, 0.6) is 0 Å². The normalized spacial score (nSPS) is 10.1.